The number of hydrogen-bond donors (Lipinski definition) is 1. The van der Waals surface area contributed by atoms with Crippen LogP contribution < -0.4 is 10.9 Å². The SMILES string of the molecule is O=C(NCCCn1ccccc1=O)[C@@H]1CCCO1. The van der Waals surface area contributed by atoms with Crippen molar-refractivity contribution in [2.24, 2.45) is 0 Å². The number of nitrogens with one attached hydrogen (secondary N) is 1. The number of carbonyl (C=O) groups excluding carboxylic acids is 1. The first-order valence-corrected chi connectivity index (χ1v) is 6.32. The average molecular weight is 250 g/mol. The van der Waals surface area contributed by atoms with Crippen molar-refractivity contribution >= 4 is 5.91 Å². The highest BCUT2D eigenvalue weighted by Gasteiger charge is 2.22. The number of aromatic nitrogens is 1. The van der Waals surface area contributed by atoms with Gasteiger partial charge >= 0.3 is 0 Å². The number of amides is 1. The number of nitrogens with zero attached hydrogens (tertiary/aromatic N) is 1. The zero-order chi connectivity index (χ0) is 12.8. The van der Waals surface area contributed by atoms with Gasteiger partial charge in [-0.1, -0.05) is 6.07 Å². The molecule has 18 heavy (non-hydrogen) atoms. The first-order valence-electron chi connectivity index (χ1n) is 6.32. The lowest BCUT2D eigenvalue weighted by Crippen LogP contribution is -2.35. The Kier molecular flexibility index (Phi) is 4.52. The Balaban J connectivity index is 1.68. The summed E-state index contributed by atoms with van der Waals surface area (Å²) in [5, 5.41) is 2.83. The lowest BCUT2D eigenvalue weighted by molar-refractivity contribution is -0.130. The van der Waals surface area contributed by atoms with Crippen molar-refractivity contribution in [1.29, 1.82) is 0 Å². The molecule has 0 saturated carbocycles. The maximum Gasteiger partial charge on any atom is 0.250 e. The third-order valence-electron chi connectivity index (χ3n) is 3.00. The molecule has 0 aliphatic carbocycles. The molecule has 0 spiro atoms. The van der Waals surface area contributed by atoms with E-state index in [0.29, 0.717) is 19.7 Å². The van der Waals surface area contributed by atoms with Gasteiger partial charge in [-0.15, -0.1) is 0 Å². The molecule has 5 heteroatoms. The van der Waals surface area contributed by atoms with Crippen LogP contribution >= 0.6 is 0 Å². The zero-order valence-corrected chi connectivity index (χ0v) is 10.3. The van der Waals surface area contributed by atoms with Gasteiger partial charge in [-0.05, 0) is 25.3 Å². The highest BCUT2D eigenvalue weighted by molar-refractivity contribution is 5.80. The maximum atomic E-state index is 11.6. The number of rotatable bonds is 5. The van der Waals surface area contributed by atoms with Crippen LogP contribution in [0.25, 0.3) is 0 Å². The van der Waals surface area contributed by atoms with Gasteiger partial charge < -0.3 is 14.6 Å². The van der Waals surface area contributed by atoms with Crippen LogP contribution in [0.2, 0.25) is 0 Å². The topological polar surface area (TPSA) is 60.3 Å². The second kappa shape index (κ2) is 6.35. The molecule has 1 aliphatic heterocycles. The molecule has 98 valence electrons. The quantitative estimate of drug-likeness (QED) is 0.776. The average Bonchev–Trinajstić information content (AvgIpc) is 2.90. The van der Waals surface area contributed by atoms with E-state index in [9.17, 15) is 9.59 Å². The molecule has 0 radical (unpaired) electrons. The van der Waals surface area contributed by atoms with Crippen LogP contribution in [0.3, 0.4) is 0 Å². The van der Waals surface area contributed by atoms with E-state index in [0.717, 1.165) is 19.3 Å². The van der Waals surface area contributed by atoms with Gasteiger partial charge in [0.1, 0.15) is 6.10 Å². The largest absolute Gasteiger partial charge is 0.368 e. The summed E-state index contributed by atoms with van der Waals surface area (Å²) >= 11 is 0. The Bertz CT molecular complexity index is 450. The molecule has 1 N–H and O–H groups in total. The molecule has 5 nitrogen and oxygen atoms in total. The number of carbonyl (C=O) groups is 1. The fourth-order valence-electron chi connectivity index (χ4n) is 2.00. The van der Waals surface area contributed by atoms with Gasteiger partial charge in [-0.3, -0.25) is 9.59 Å². The van der Waals surface area contributed by atoms with Crippen molar-refractivity contribution in [3.05, 3.63) is 34.7 Å². The van der Waals surface area contributed by atoms with Crippen LogP contribution in [-0.2, 0) is 16.1 Å². The van der Waals surface area contributed by atoms with Gasteiger partial charge in [0.25, 0.3) is 0 Å². The minimum Gasteiger partial charge on any atom is -0.368 e. The second-order valence-electron chi connectivity index (χ2n) is 4.38. The minimum atomic E-state index is -0.274. The molecule has 1 aliphatic rings. The van der Waals surface area contributed by atoms with E-state index in [-0.39, 0.29) is 17.6 Å². The minimum absolute atomic E-state index is 0.0112. The smallest absolute Gasteiger partial charge is 0.250 e. The predicted molar refractivity (Wildman–Crippen MR) is 67.3 cm³/mol. The van der Waals surface area contributed by atoms with Crippen molar-refractivity contribution < 1.29 is 9.53 Å². The second-order valence-corrected chi connectivity index (χ2v) is 4.38. The van der Waals surface area contributed by atoms with Crippen LogP contribution in [-0.4, -0.2) is 29.7 Å². The van der Waals surface area contributed by atoms with E-state index in [1.165, 1.54) is 6.07 Å². The third kappa shape index (κ3) is 3.43. The van der Waals surface area contributed by atoms with E-state index < -0.39 is 0 Å². The number of pyridine rings is 1. The molecule has 1 aromatic rings. The summed E-state index contributed by atoms with van der Waals surface area (Å²) in [4.78, 5) is 23.0. The summed E-state index contributed by atoms with van der Waals surface area (Å²) in [6.45, 7) is 1.86. The number of ether oxygens (including phenoxy) is 1. The van der Waals surface area contributed by atoms with E-state index in [1.54, 1.807) is 16.8 Å². The molecule has 2 rings (SSSR count). The van der Waals surface area contributed by atoms with Crippen LogP contribution in [0.15, 0.2) is 29.2 Å². The van der Waals surface area contributed by atoms with Gasteiger partial charge in [0.15, 0.2) is 0 Å². The van der Waals surface area contributed by atoms with Gasteiger partial charge in [0.05, 0.1) is 0 Å². The monoisotopic (exact) mass is 250 g/mol. The Hall–Kier alpha value is -1.62. The van der Waals surface area contributed by atoms with Gasteiger partial charge in [-0.25, -0.2) is 0 Å². The summed E-state index contributed by atoms with van der Waals surface area (Å²) in [7, 11) is 0. The van der Waals surface area contributed by atoms with Crippen molar-refractivity contribution in [2.75, 3.05) is 13.2 Å². The molecular formula is C13H18N2O3. The third-order valence-corrected chi connectivity index (χ3v) is 3.00. The highest BCUT2D eigenvalue weighted by Crippen LogP contribution is 2.11. The molecular weight excluding hydrogens is 232 g/mol. The lowest BCUT2D eigenvalue weighted by atomic mass is 10.2. The Labute approximate surface area is 106 Å². The van der Waals surface area contributed by atoms with E-state index in [2.05, 4.69) is 5.32 Å². The summed E-state index contributed by atoms with van der Waals surface area (Å²) in [5.74, 6) is -0.0343. The van der Waals surface area contributed by atoms with E-state index in [4.69, 9.17) is 4.74 Å². The van der Waals surface area contributed by atoms with Gasteiger partial charge in [0, 0.05) is 32.0 Å². The summed E-state index contributed by atoms with van der Waals surface area (Å²) in [6, 6.07) is 5.08. The van der Waals surface area contributed by atoms with Crippen molar-refractivity contribution in [3.63, 3.8) is 0 Å². The first kappa shape index (κ1) is 12.8. The Morgan fingerprint density at radius 3 is 3.11 bits per heavy atom. The van der Waals surface area contributed by atoms with Gasteiger partial charge in [-0.2, -0.15) is 0 Å². The van der Waals surface area contributed by atoms with Gasteiger partial charge in [0.2, 0.25) is 11.5 Å². The number of hydrogen-bond acceptors (Lipinski definition) is 3. The molecule has 0 unspecified atom stereocenters. The molecule has 1 amide bonds. The summed E-state index contributed by atoms with van der Waals surface area (Å²) in [5.41, 5.74) is -0.0112. The van der Waals surface area contributed by atoms with Crippen LogP contribution in [0.4, 0.5) is 0 Å². The zero-order valence-electron chi connectivity index (χ0n) is 10.3. The Morgan fingerprint density at radius 2 is 2.39 bits per heavy atom. The van der Waals surface area contributed by atoms with Crippen molar-refractivity contribution in [3.8, 4) is 0 Å². The van der Waals surface area contributed by atoms with Crippen LogP contribution in [0.5, 0.6) is 0 Å². The first-order chi connectivity index (χ1) is 8.77. The lowest BCUT2D eigenvalue weighted by Gasteiger charge is -2.10. The molecule has 1 saturated heterocycles. The fraction of sp³-hybridized carbons (Fsp3) is 0.538. The fourth-order valence-corrected chi connectivity index (χ4v) is 2.00. The maximum absolute atomic E-state index is 11.6. The standard InChI is InChI=1S/C13H18N2O3/c16-12-6-1-2-8-15(12)9-4-7-14-13(17)11-5-3-10-18-11/h1-2,6,8,11H,3-5,7,9-10H2,(H,14,17)/t11-/m0/s1. The van der Waals surface area contributed by atoms with E-state index in [1.807, 2.05) is 6.07 Å². The van der Waals surface area contributed by atoms with Crippen LogP contribution in [0.1, 0.15) is 19.3 Å². The Morgan fingerprint density at radius 1 is 1.50 bits per heavy atom. The predicted octanol–water partition coefficient (Wildman–Crippen LogP) is 0.534. The molecule has 0 bridgehead atoms. The summed E-state index contributed by atoms with van der Waals surface area (Å²) < 4.78 is 6.92. The summed E-state index contributed by atoms with van der Waals surface area (Å²) in [6.07, 6.45) is 3.98. The van der Waals surface area contributed by atoms with Crippen molar-refractivity contribution in [1.82, 2.24) is 9.88 Å². The normalized spacial score (nSPS) is 18.8. The van der Waals surface area contributed by atoms with E-state index >= 15 is 0 Å². The highest BCUT2D eigenvalue weighted by atomic mass is 16.5. The van der Waals surface area contributed by atoms with Crippen molar-refractivity contribution in [2.45, 2.75) is 31.9 Å². The molecule has 1 aromatic heterocycles. The molecule has 2 heterocycles. The molecule has 0 aromatic carbocycles. The molecule has 1 atom stereocenters. The van der Waals surface area contributed by atoms with Crippen LogP contribution in [0, 0.1) is 0 Å². The number of aryl methyl sites for hydroxylation is 1. The molecule has 1 fully saturated rings.